The summed E-state index contributed by atoms with van der Waals surface area (Å²) in [6.45, 7) is 7.10. The van der Waals surface area contributed by atoms with E-state index in [1.807, 2.05) is 36.4 Å². The lowest BCUT2D eigenvalue weighted by Gasteiger charge is -2.26. The zero-order valence-electron chi connectivity index (χ0n) is 24.5. The topological polar surface area (TPSA) is 99.1 Å². The van der Waals surface area contributed by atoms with Gasteiger partial charge >= 0.3 is 0 Å². The van der Waals surface area contributed by atoms with Crippen molar-refractivity contribution in [3.63, 3.8) is 0 Å². The molecule has 2 saturated heterocycles. The first-order chi connectivity index (χ1) is 21.2. The Morgan fingerprint density at radius 2 is 1.74 bits per heavy atom. The number of ketones is 1. The Morgan fingerprint density at radius 1 is 0.907 bits per heavy atom. The molecule has 43 heavy (non-hydrogen) atoms. The van der Waals surface area contributed by atoms with Crippen LogP contribution in [0.3, 0.4) is 0 Å². The number of hydrogen-bond donors (Lipinski definition) is 0. The fourth-order valence-corrected chi connectivity index (χ4v) is 5.49. The summed E-state index contributed by atoms with van der Waals surface area (Å²) in [6, 6.07) is 13.1. The number of hydrogen-bond acceptors (Lipinski definition) is 10. The van der Waals surface area contributed by atoms with Gasteiger partial charge in [0.15, 0.2) is 17.3 Å². The molecule has 3 aromatic heterocycles. The van der Waals surface area contributed by atoms with Gasteiger partial charge in [-0.25, -0.2) is 0 Å². The van der Waals surface area contributed by atoms with Crippen LogP contribution in [0, 0.1) is 0 Å². The average Bonchev–Trinajstić information content (AvgIpc) is 3.60. The van der Waals surface area contributed by atoms with Crippen LogP contribution in [0.15, 0.2) is 61.1 Å². The van der Waals surface area contributed by atoms with Gasteiger partial charge in [0.2, 0.25) is 0 Å². The molecule has 2 aliphatic rings. The van der Waals surface area contributed by atoms with E-state index in [-0.39, 0.29) is 12.2 Å². The molecule has 0 amide bonds. The van der Waals surface area contributed by atoms with Crippen LogP contribution in [0.1, 0.15) is 35.4 Å². The van der Waals surface area contributed by atoms with Gasteiger partial charge in [0.25, 0.3) is 0 Å². The standard InChI is InChI=1S/C33H37N5O5/c1-40-32-21-27-28(22-33(32)42-16-4-11-37-14-17-41-18-15-37)34-10-8-31(27)43-26-6-5-24(36-23-26)19-30(39)29-20-25(7-9-35-29)38-12-2-3-13-38/h5-10,20-23H,2-4,11-19H2,1H3. The molecule has 4 aromatic rings. The lowest BCUT2D eigenvalue weighted by Crippen LogP contribution is -2.37. The van der Waals surface area contributed by atoms with Gasteiger partial charge in [-0.2, -0.15) is 0 Å². The number of aromatic nitrogens is 3. The summed E-state index contributed by atoms with van der Waals surface area (Å²) >= 11 is 0. The highest BCUT2D eigenvalue weighted by atomic mass is 16.5. The van der Waals surface area contributed by atoms with Crippen LogP contribution in [-0.2, 0) is 11.2 Å². The van der Waals surface area contributed by atoms with Gasteiger partial charge < -0.3 is 23.8 Å². The fraction of sp³-hybridized carbons (Fsp3) is 0.394. The minimum absolute atomic E-state index is 0.0615. The van der Waals surface area contributed by atoms with Crippen molar-refractivity contribution in [1.82, 2.24) is 19.9 Å². The molecule has 0 radical (unpaired) electrons. The van der Waals surface area contributed by atoms with Crippen LogP contribution in [0.2, 0.25) is 0 Å². The first-order valence-electron chi connectivity index (χ1n) is 14.9. The van der Waals surface area contributed by atoms with E-state index >= 15 is 0 Å². The summed E-state index contributed by atoms with van der Waals surface area (Å²) in [5.74, 6) is 2.38. The number of rotatable bonds is 12. The number of morpholine rings is 1. The molecule has 10 heteroatoms. The Balaban J connectivity index is 1.09. The van der Waals surface area contributed by atoms with E-state index in [9.17, 15) is 4.79 Å². The molecule has 1 aromatic carbocycles. The molecule has 5 heterocycles. The summed E-state index contributed by atoms with van der Waals surface area (Å²) in [7, 11) is 1.63. The van der Waals surface area contributed by atoms with Crippen molar-refractivity contribution in [2.24, 2.45) is 0 Å². The Hall–Kier alpha value is -4.28. The second-order valence-electron chi connectivity index (χ2n) is 10.8. The molecule has 2 fully saturated rings. The van der Waals surface area contributed by atoms with E-state index in [4.69, 9.17) is 18.9 Å². The van der Waals surface area contributed by atoms with Crippen LogP contribution in [0.4, 0.5) is 5.69 Å². The lowest BCUT2D eigenvalue weighted by molar-refractivity contribution is 0.0357. The Bertz CT molecular complexity index is 1540. The Labute approximate surface area is 251 Å². The molecule has 0 N–H and O–H groups in total. The Kier molecular flexibility index (Phi) is 9.25. The number of benzene rings is 1. The van der Waals surface area contributed by atoms with Gasteiger partial charge in [0, 0.05) is 68.0 Å². The van der Waals surface area contributed by atoms with E-state index in [0.717, 1.165) is 68.9 Å². The number of nitrogens with zero attached hydrogens (tertiary/aromatic N) is 5. The molecule has 0 saturated carbocycles. The first-order valence-corrected chi connectivity index (χ1v) is 14.9. The molecule has 0 spiro atoms. The van der Waals surface area contributed by atoms with Gasteiger partial charge in [-0.15, -0.1) is 0 Å². The Morgan fingerprint density at radius 3 is 2.53 bits per heavy atom. The normalized spacial score (nSPS) is 15.5. The van der Waals surface area contributed by atoms with E-state index in [0.29, 0.717) is 41.0 Å². The van der Waals surface area contributed by atoms with E-state index < -0.39 is 0 Å². The summed E-state index contributed by atoms with van der Waals surface area (Å²) < 4.78 is 23.3. The number of carbonyl (C=O) groups excluding carboxylic acids is 1. The molecule has 0 bridgehead atoms. The minimum Gasteiger partial charge on any atom is -0.493 e. The molecule has 2 aliphatic heterocycles. The van der Waals surface area contributed by atoms with Crippen molar-refractivity contribution in [3.8, 4) is 23.0 Å². The van der Waals surface area contributed by atoms with Crippen molar-refractivity contribution < 1.29 is 23.7 Å². The number of Topliss-reactive ketones (excluding diaryl/α,β-unsaturated/α-hetero) is 1. The number of fused-ring (bicyclic) bond motifs is 1. The second kappa shape index (κ2) is 13.8. The third kappa shape index (κ3) is 7.21. The highest BCUT2D eigenvalue weighted by Crippen LogP contribution is 2.37. The van der Waals surface area contributed by atoms with Crippen molar-refractivity contribution in [2.45, 2.75) is 25.7 Å². The number of methoxy groups -OCH3 is 1. The second-order valence-corrected chi connectivity index (χ2v) is 10.8. The minimum atomic E-state index is -0.0615. The molecule has 0 unspecified atom stereocenters. The number of ether oxygens (including phenoxy) is 4. The fourth-order valence-electron chi connectivity index (χ4n) is 5.49. The number of anilines is 1. The van der Waals surface area contributed by atoms with Gasteiger partial charge in [-0.05, 0) is 55.7 Å². The van der Waals surface area contributed by atoms with Crippen LogP contribution in [-0.4, -0.2) is 85.3 Å². The molecule has 0 aliphatic carbocycles. The number of carbonyl (C=O) groups is 1. The highest BCUT2D eigenvalue weighted by Gasteiger charge is 2.17. The third-order valence-electron chi connectivity index (χ3n) is 7.83. The predicted octanol–water partition coefficient (Wildman–Crippen LogP) is 4.95. The maximum atomic E-state index is 13.0. The summed E-state index contributed by atoms with van der Waals surface area (Å²) in [6.07, 6.45) is 8.48. The van der Waals surface area contributed by atoms with Crippen molar-refractivity contribution in [3.05, 3.63) is 72.4 Å². The smallest absolute Gasteiger partial charge is 0.187 e. The molecule has 6 rings (SSSR count). The molecule has 0 atom stereocenters. The lowest BCUT2D eigenvalue weighted by atomic mass is 10.1. The first kappa shape index (κ1) is 28.8. The molecular weight excluding hydrogens is 546 g/mol. The van der Waals surface area contributed by atoms with Crippen LogP contribution in [0.5, 0.6) is 23.0 Å². The largest absolute Gasteiger partial charge is 0.493 e. The molecule has 224 valence electrons. The highest BCUT2D eigenvalue weighted by molar-refractivity contribution is 5.96. The van der Waals surface area contributed by atoms with Crippen LogP contribution >= 0.6 is 0 Å². The maximum Gasteiger partial charge on any atom is 0.187 e. The van der Waals surface area contributed by atoms with E-state index in [1.54, 1.807) is 31.8 Å². The molecule has 10 nitrogen and oxygen atoms in total. The zero-order chi connectivity index (χ0) is 29.4. The van der Waals surface area contributed by atoms with Crippen molar-refractivity contribution in [2.75, 3.05) is 64.6 Å². The quantitative estimate of drug-likeness (QED) is 0.168. The monoisotopic (exact) mass is 583 g/mol. The summed E-state index contributed by atoms with van der Waals surface area (Å²) in [5.41, 5.74) is 2.91. The average molecular weight is 584 g/mol. The number of pyridine rings is 3. The van der Waals surface area contributed by atoms with Crippen LogP contribution < -0.4 is 19.1 Å². The van der Waals surface area contributed by atoms with E-state index in [1.165, 1.54) is 12.8 Å². The van der Waals surface area contributed by atoms with Gasteiger partial charge in [0.05, 0.1) is 45.1 Å². The maximum absolute atomic E-state index is 13.0. The molecular formula is C33H37N5O5. The third-order valence-corrected chi connectivity index (χ3v) is 7.83. The SMILES string of the molecule is COc1cc2c(Oc3ccc(CC(=O)c4cc(N5CCCC5)ccn4)nc3)ccnc2cc1OCCCN1CCOCC1. The van der Waals surface area contributed by atoms with Crippen molar-refractivity contribution in [1.29, 1.82) is 0 Å². The van der Waals surface area contributed by atoms with E-state index in [2.05, 4.69) is 24.8 Å². The summed E-state index contributed by atoms with van der Waals surface area (Å²) in [4.78, 5) is 31.0. The van der Waals surface area contributed by atoms with Gasteiger partial charge in [-0.3, -0.25) is 24.6 Å². The zero-order valence-corrected chi connectivity index (χ0v) is 24.5. The predicted molar refractivity (Wildman–Crippen MR) is 164 cm³/mol. The van der Waals surface area contributed by atoms with Gasteiger partial charge in [0.1, 0.15) is 17.2 Å². The summed E-state index contributed by atoms with van der Waals surface area (Å²) in [5, 5.41) is 0.795. The van der Waals surface area contributed by atoms with Crippen LogP contribution in [0.25, 0.3) is 10.9 Å². The van der Waals surface area contributed by atoms with Crippen molar-refractivity contribution >= 4 is 22.4 Å². The van der Waals surface area contributed by atoms with Gasteiger partial charge in [-0.1, -0.05) is 0 Å².